The summed E-state index contributed by atoms with van der Waals surface area (Å²) in [7, 11) is 2.09. The molecule has 108 valence electrons. The second-order valence-electron chi connectivity index (χ2n) is 5.70. The third-order valence-electron chi connectivity index (χ3n) is 4.19. The Kier molecular flexibility index (Phi) is 4.29. The molecule has 0 spiro atoms. The number of likely N-dealkylation sites (tertiary alicyclic amines) is 1. The summed E-state index contributed by atoms with van der Waals surface area (Å²) in [5, 5.41) is 11.8. The van der Waals surface area contributed by atoms with Crippen LogP contribution in [0.2, 0.25) is 0 Å². The van der Waals surface area contributed by atoms with Crippen molar-refractivity contribution < 1.29 is 14.7 Å². The molecule has 6 nitrogen and oxygen atoms in total. The molecule has 2 rings (SSSR count). The zero-order valence-electron chi connectivity index (χ0n) is 11.6. The average Bonchev–Trinajstić information content (AvgIpc) is 3.10. The van der Waals surface area contributed by atoms with Gasteiger partial charge in [-0.25, -0.2) is 4.79 Å². The van der Waals surface area contributed by atoms with E-state index in [-0.39, 0.29) is 6.03 Å². The van der Waals surface area contributed by atoms with Gasteiger partial charge < -0.3 is 15.3 Å². The Hall–Kier alpha value is -1.30. The molecule has 2 fully saturated rings. The Morgan fingerprint density at radius 3 is 2.63 bits per heavy atom. The van der Waals surface area contributed by atoms with Crippen molar-refractivity contribution in [1.29, 1.82) is 0 Å². The molecule has 1 saturated carbocycles. The second kappa shape index (κ2) is 5.77. The Bertz CT molecular complexity index is 357. The first-order valence-electron chi connectivity index (χ1n) is 6.96. The highest BCUT2D eigenvalue weighted by Gasteiger charge is 2.32. The van der Waals surface area contributed by atoms with E-state index in [2.05, 4.69) is 24.2 Å². The van der Waals surface area contributed by atoms with Crippen LogP contribution in [0.3, 0.4) is 0 Å². The van der Waals surface area contributed by atoms with Gasteiger partial charge in [0.15, 0.2) is 0 Å². The minimum Gasteiger partial charge on any atom is -0.481 e. The monoisotopic (exact) mass is 269 g/mol. The van der Waals surface area contributed by atoms with Crippen molar-refractivity contribution in [3.63, 3.8) is 0 Å². The maximum atomic E-state index is 11.9. The lowest BCUT2D eigenvalue weighted by Gasteiger charge is -2.26. The summed E-state index contributed by atoms with van der Waals surface area (Å²) in [6.07, 6.45) is 3.06. The first kappa shape index (κ1) is 14.1. The first-order chi connectivity index (χ1) is 8.99. The average molecular weight is 269 g/mol. The molecule has 2 N–H and O–H groups in total. The van der Waals surface area contributed by atoms with Crippen molar-refractivity contribution in [2.75, 3.05) is 26.7 Å². The van der Waals surface area contributed by atoms with Crippen LogP contribution in [-0.2, 0) is 4.79 Å². The third kappa shape index (κ3) is 3.59. The highest BCUT2D eigenvalue weighted by molar-refractivity contribution is 5.77. The second-order valence-corrected chi connectivity index (χ2v) is 5.70. The van der Waals surface area contributed by atoms with Gasteiger partial charge in [-0.2, -0.15) is 0 Å². The normalized spacial score (nSPS) is 24.6. The van der Waals surface area contributed by atoms with E-state index in [1.807, 2.05) is 0 Å². The zero-order valence-corrected chi connectivity index (χ0v) is 11.6. The molecule has 1 aliphatic carbocycles. The lowest BCUT2D eigenvalue weighted by molar-refractivity contribution is -0.141. The van der Waals surface area contributed by atoms with Crippen molar-refractivity contribution in [2.45, 2.75) is 38.3 Å². The van der Waals surface area contributed by atoms with E-state index in [1.54, 1.807) is 4.90 Å². The van der Waals surface area contributed by atoms with Crippen molar-refractivity contribution in [3.05, 3.63) is 0 Å². The van der Waals surface area contributed by atoms with Gasteiger partial charge in [0.1, 0.15) is 0 Å². The molecule has 6 heteroatoms. The van der Waals surface area contributed by atoms with Gasteiger partial charge in [0.2, 0.25) is 0 Å². The SMILES string of the molecule is CC(CNC(=O)N1CCC(C(=O)O)C1)N(C)C1CC1. The van der Waals surface area contributed by atoms with Crippen LogP contribution in [0.15, 0.2) is 0 Å². The number of nitrogens with zero attached hydrogens (tertiary/aromatic N) is 2. The van der Waals surface area contributed by atoms with Gasteiger partial charge in [-0.1, -0.05) is 0 Å². The summed E-state index contributed by atoms with van der Waals surface area (Å²) in [6.45, 7) is 3.58. The van der Waals surface area contributed by atoms with Crippen molar-refractivity contribution >= 4 is 12.0 Å². The van der Waals surface area contributed by atoms with Gasteiger partial charge in [0.25, 0.3) is 0 Å². The molecule has 1 heterocycles. The largest absolute Gasteiger partial charge is 0.481 e. The van der Waals surface area contributed by atoms with Crippen LogP contribution < -0.4 is 5.32 Å². The summed E-state index contributed by atoms with van der Waals surface area (Å²) < 4.78 is 0. The molecule has 2 aliphatic rings. The minimum atomic E-state index is -0.808. The van der Waals surface area contributed by atoms with E-state index in [9.17, 15) is 9.59 Å². The van der Waals surface area contributed by atoms with Crippen molar-refractivity contribution in [1.82, 2.24) is 15.1 Å². The summed E-state index contributed by atoms with van der Waals surface area (Å²) in [6, 6.07) is 0.851. The third-order valence-corrected chi connectivity index (χ3v) is 4.19. The van der Waals surface area contributed by atoms with Crippen LogP contribution in [0, 0.1) is 5.92 Å². The highest BCUT2D eigenvalue weighted by Crippen LogP contribution is 2.26. The standard InChI is InChI=1S/C13H23N3O3/c1-9(15(2)11-3-4-11)7-14-13(19)16-6-5-10(8-16)12(17)18/h9-11H,3-8H2,1-2H3,(H,14,19)(H,17,18). The molecule has 0 bridgehead atoms. The minimum absolute atomic E-state index is 0.139. The van der Waals surface area contributed by atoms with Crippen LogP contribution in [-0.4, -0.2) is 65.7 Å². The first-order valence-corrected chi connectivity index (χ1v) is 6.96. The fraction of sp³-hybridized carbons (Fsp3) is 0.846. The van der Waals surface area contributed by atoms with Crippen LogP contribution in [0.1, 0.15) is 26.2 Å². The molecular formula is C13H23N3O3. The van der Waals surface area contributed by atoms with Gasteiger partial charge in [-0.05, 0) is 33.2 Å². The van der Waals surface area contributed by atoms with Gasteiger partial charge in [0, 0.05) is 31.7 Å². The lowest BCUT2D eigenvalue weighted by Crippen LogP contribution is -2.45. The number of amides is 2. The number of hydrogen-bond donors (Lipinski definition) is 2. The van der Waals surface area contributed by atoms with E-state index in [1.165, 1.54) is 12.8 Å². The lowest BCUT2D eigenvalue weighted by atomic mass is 10.1. The Balaban J connectivity index is 1.71. The highest BCUT2D eigenvalue weighted by atomic mass is 16.4. The van der Waals surface area contributed by atoms with Gasteiger partial charge in [-0.3, -0.25) is 9.69 Å². The fourth-order valence-electron chi connectivity index (χ4n) is 2.48. The summed E-state index contributed by atoms with van der Waals surface area (Å²) in [5.74, 6) is -1.21. The van der Waals surface area contributed by atoms with Crippen LogP contribution in [0.4, 0.5) is 4.79 Å². The molecule has 0 aromatic rings. The quantitative estimate of drug-likeness (QED) is 0.766. The van der Waals surface area contributed by atoms with E-state index in [4.69, 9.17) is 5.11 Å². The summed E-state index contributed by atoms with van der Waals surface area (Å²) in [4.78, 5) is 26.7. The molecule has 0 radical (unpaired) electrons. The number of nitrogens with one attached hydrogen (secondary N) is 1. The molecule has 2 atom stereocenters. The van der Waals surface area contributed by atoms with E-state index in [0.29, 0.717) is 38.1 Å². The van der Waals surface area contributed by atoms with Gasteiger partial charge in [0.05, 0.1) is 5.92 Å². The van der Waals surface area contributed by atoms with E-state index >= 15 is 0 Å². The van der Waals surface area contributed by atoms with Crippen LogP contribution in [0.5, 0.6) is 0 Å². The maximum Gasteiger partial charge on any atom is 0.317 e. The molecular weight excluding hydrogens is 246 g/mol. The fourth-order valence-corrected chi connectivity index (χ4v) is 2.48. The number of carbonyl (C=O) groups excluding carboxylic acids is 1. The topological polar surface area (TPSA) is 72.9 Å². The van der Waals surface area contributed by atoms with Crippen molar-refractivity contribution in [2.24, 2.45) is 5.92 Å². The molecule has 0 aromatic heterocycles. The van der Waals surface area contributed by atoms with Gasteiger partial charge >= 0.3 is 12.0 Å². The Morgan fingerprint density at radius 2 is 2.11 bits per heavy atom. The van der Waals surface area contributed by atoms with Gasteiger partial charge in [-0.15, -0.1) is 0 Å². The van der Waals surface area contributed by atoms with Crippen LogP contribution >= 0.6 is 0 Å². The van der Waals surface area contributed by atoms with Crippen molar-refractivity contribution in [3.8, 4) is 0 Å². The van der Waals surface area contributed by atoms with Crippen LogP contribution in [0.25, 0.3) is 0 Å². The molecule has 1 aliphatic heterocycles. The summed E-state index contributed by atoms with van der Waals surface area (Å²) in [5.41, 5.74) is 0. The number of hydrogen-bond acceptors (Lipinski definition) is 3. The molecule has 1 saturated heterocycles. The number of carbonyl (C=O) groups is 2. The molecule has 19 heavy (non-hydrogen) atoms. The summed E-state index contributed by atoms with van der Waals surface area (Å²) >= 11 is 0. The number of carboxylic acid groups (broad SMARTS) is 1. The molecule has 0 aromatic carbocycles. The Labute approximate surface area is 113 Å². The number of carboxylic acids is 1. The molecule has 2 amide bonds. The maximum absolute atomic E-state index is 11.9. The number of urea groups is 1. The number of aliphatic carboxylic acids is 1. The Morgan fingerprint density at radius 1 is 1.42 bits per heavy atom. The smallest absolute Gasteiger partial charge is 0.317 e. The number of rotatable bonds is 5. The van der Waals surface area contributed by atoms with E-state index in [0.717, 1.165) is 0 Å². The zero-order chi connectivity index (χ0) is 14.0. The predicted molar refractivity (Wildman–Crippen MR) is 71.0 cm³/mol. The number of likely N-dealkylation sites (N-methyl/N-ethyl adjacent to an activating group) is 1. The predicted octanol–water partition coefficient (Wildman–Crippen LogP) is 0.585. The van der Waals surface area contributed by atoms with E-state index < -0.39 is 11.9 Å². The molecule has 2 unspecified atom stereocenters.